The molecule has 0 bridgehead atoms. The van der Waals surface area contributed by atoms with E-state index in [1.807, 2.05) is 31.2 Å². The molecule has 2 N–H and O–H groups in total. The van der Waals surface area contributed by atoms with Gasteiger partial charge in [0.1, 0.15) is 5.75 Å². The number of carbonyl (C=O) groups excluding carboxylic acids is 1. The molecular weight excluding hydrogens is 516 g/mol. The smallest absolute Gasteiger partial charge is 0.243 e. The van der Waals surface area contributed by atoms with E-state index >= 15 is 0 Å². The van der Waals surface area contributed by atoms with E-state index in [9.17, 15) is 18.3 Å². The number of H-pyrrole nitrogens is 1. The van der Waals surface area contributed by atoms with Crippen LogP contribution in [-0.4, -0.2) is 72.0 Å². The third-order valence-electron chi connectivity index (χ3n) is 7.92. The van der Waals surface area contributed by atoms with Gasteiger partial charge in [-0.3, -0.25) is 9.78 Å². The first-order chi connectivity index (χ1) is 18.8. The van der Waals surface area contributed by atoms with Gasteiger partial charge in [0.05, 0.1) is 31.1 Å². The Morgan fingerprint density at radius 3 is 2.59 bits per heavy atom. The van der Waals surface area contributed by atoms with Crippen molar-refractivity contribution in [3.05, 3.63) is 89.4 Å². The van der Waals surface area contributed by atoms with Crippen molar-refractivity contribution in [2.24, 2.45) is 0 Å². The van der Waals surface area contributed by atoms with Gasteiger partial charge in [0.15, 0.2) is 0 Å². The highest BCUT2D eigenvalue weighted by Crippen LogP contribution is 2.50. The van der Waals surface area contributed by atoms with E-state index in [2.05, 4.69) is 9.97 Å². The van der Waals surface area contributed by atoms with Gasteiger partial charge in [-0.05, 0) is 48.4 Å². The first-order valence-corrected chi connectivity index (χ1v) is 14.3. The lowest BCUT2D eigenvalue weighted by molar-refractivity contribution is -0.139. The fourth-order valence-corrected chi connectivity index (χ4v) is 7.64. The van der Waals surface area contributed by atoms with Crippen LogP contribution in [0.15, 0.2) is 71.9 Å². The van der Waals surface area contributed by atoms with Crippen LogP contribution in [0.2, 0.25) is 0 Å². The normalized spacial score (nSPS) is 18.6. The summed E-state index contributed by atoms with van der Waals surface area (Å²) in [5.41, 5.74) is 3.57. The molecule has 9 nitrogen and oxygen atoms in total. The lowest BCUT2D eigenvalue weighted by atomic mass is 9.69. The van der Waals surface area contributed by atoms with Crippen LogP contribution in [-0.2, 0) is 26.7 Å². The number of aromatic amines is 1. The summed E-state index contributed by atoms with van der Waals surface area (Å²) in [6, 6.07) is 15.3. The SMILES string of the molecule is COc1ccc2c3c([nH]c2c1)[C@H](CO)N(S(=O)(=O)c1ccc(C)cc1)CC31CN(C(=O)Cc2cccnc2)C1. The predicted molar refractivity (Wildman–Crippen MR) is 146 cm³/mol. The fourth-order valence-electron chi connectivity index (χ4n) is 5.97. The standard InChI is InChI=1S/C29H30N4O5S/c1-19-5-8-22(9-6-19)39(36,37)33-18-29(16-32(17-29)26(35)12-20-4-3-11-30-14-20)27-23-10-7-21(38-2)13-24(23)31-28(27)25(33)15-34/h3-11,13-14,25,31,34H,12,15-18H2,1-2H3/t25-/m0/s1. The number of aryl methyl sites for hydroxylation is 1. The summed E-state index contributed by atoms with van der Waals surface area (Å²) < 4.78 is 34.8. The summed E-state index contributed by atoms with van der Waals surface area (Å²) in [7, 11) is -2.36. The van der Waals surface area contributed by atoms with E-state index < -0.39 is 21.5 Å². The van der Waals surface area contributed by atoms with Crippen LogP contribution >= 0.6 is 0 Å². The molecule has 2 aromatic heterocycles. The van der Waals surface area contributed by atoms with E-state index in [1.54, 1.807) is 54.7 Å². The Balaban J connectivity index is 1.42. The number of carbonyl (C=O) groups is 1. The van der Waals surface area contributed by atoms with Crippen LogP contribution in [0, 0.1) is 6.92 Å². The van der Waals surface area contributed by atoms with Gasteiger partial charge in [0.2, 0.25) is 15.9 Å². The van der Waals surface area contributed by atoms with Crippen LogP contribution in [0.1, 0.15) is 28.4 Å². The van der Waals surface area contributed by atoms with Gasteiger partial charge in [-0.1, -0.05) is 23.8 Å². The van der Waals surface area contributed by atoms with Crippen molar-refractivity contribution < 1.29 is 23.1 Å². The minimum atomic E-state index is -3.95. The molecule has 2 aliphatic rings. The van der Waals surface area contributed by atoms with Crippen LogP contribution in [0.3, 0.4) is 0 Å². The Kier molecular flexibility index (Phi) is 6.21. The average Bonchev–Trinajstić information content (AvgIpc) is 3.30. The maximum atomic E-state index is 14.0. The minimum Gasteiger partial charge on any atom is -0.497 e. The second-order valence-corrected chi connectivity index (χ2v) is 12.3. The molecule has 1 saturated heterocycles. The number of likely N-dealkylation sites (tertiary alicyclic amines) is 1. The van der Waals surface area contributed by atoms with Crippen LogP contribution in [0.25, 0.3) is 10.9 Å². The summed E-state index contributed by atoms with van der Waals surface area (Å²) in [6.07, 6.45) is 3.58. The van der Waals surface area contributed by atoms with E-state index in [0.717, 1.165) is 27.6 Å². The summed E-state index contributed by atoms with van der Waals surface area (Å²) in [5.74, 6) is 0.635. The van der Waals surface area contributed by atoms with Crippen molar-refractivity contribution in [1.29, 1.82) is 0 Å². The number of aliphatic hydroxyl groups is 1. The summed E-state index contributed by atoms with van der Waals surface area (Å²) in [5, 5.41) is 11.5. The van der Waals surface area contributed by atoms with E-state index in [0.29, 0.717) is 24.5 Å². The molecule has 6 rings (SSSR count). The molecule has 4 heterocycles. The Morgan fingerprint density at radius 2 is 1.92 bits per heavy atom. The Morgan fingerprint density at radius 1 is 1.15 bits per heavy atom. The van der Waals surface area contributed by atoms with E-state index in [1.165, 1.54) is 4.31 Å². The zero-order valence-electron chi connectivity index (χ0n) is 21.8. The number of rotatable bonds is 6. The third-order valence-corrected chi connectivity index (χ3v) is 9.79. The molecule has 39 heavy (non-hydrogen) atoms. The molecule has 0 aliphatic carbocycles. The number of amides is 1. The number of ether oxygens (including phenoxy) is 1. The minimum absolute atomic E-state index is 0.0334. The molecular formula is C29H30N4O5S. The van der Waals surface area contributed by atoms with Crippen molar-refractivity contribution in [2.45, 2.75) is 29.7 Å². The zero-order valence-corrected chi connectivity index (χ0v) is 22.6. The van der Waals surface area contributed by atoms with Crippen molar-refractivity contribution in [3.8, 4) is 5.75 Å². The van der Waals surface area contributed by atoms with Gasteiger partial charge in [0.25, 0.3) is 0 Å². The van der Waals surface area contributed by atoms with Crippen LogP contribution in [0.5, 0.6) is 5.75 Å². The molecule has 2 aliphatic heterocycles. The Hall–Kier alpha value is -3.73. The first-order valence-electron chi connectivity index (χ1n) is 12.8. The van der Waals surface area contributed by atoms with Crippen molar-refractivity contribution >= 4 is 26.8 Å². The van der Waals surface area contributed by atoms with Crippen LogP contribution < -0.4 is 4.74 Å². The maximum Gasteiger partial charge on any atom is 0.243 e. The third kappa shape index (κ3) is 4.19. The Bertz CT molecular complexity index is 1640. The van der Waals surface area contributed by atoms with Gasteiger partial charge < -0.3 is 19.7 Å². The number of aromatic nitrogens is 2. The molecule has 4 aromatic rings. The largest absolute Gasteiger partial charge is 0.497 e. The lowest BCUT2D eigenvalue weighted by Gasteiger charge is -2.55. The van der Waals surface area contributed by atoms with Crippen molar-refractivity contribution in [2.75, 3.05) is 33.4 Å². The summed E-state index contributed by atoms with van der Waals surface area (Å²) >= 11 is 0. The van der Waals surface area contributed by atoms with Gasteiger partial charge in [-0.2, -0.15) is 4.31 Å². The number of benzene rings is 2. The molecule has 0 saturated carbocycles. The van der Waals surface area contributed by atoms with Gasteiger partial charge in [-0.15, -0.1) is 0 Å². The molecule has 1 fully saturated rings. The van der Waals surface area contributed by atoms with Crippen molar-refractivity contribution in [3.63, 3.8) is 0 Å². The number of hydrogen-bond donors (Lipinski definition) is 2. The Labute approximate surface area is 227 Å². The molecule has 10 heteroatoms. The molecule has 202 valence electrons. The van der Waals surface area contributed by atoms with Gasteiger partial charge >= 0.3 is 0 Å². The summed E-state index contributed by atoms with van der Waals surface area (Å²) in [4.78, 5) is 22.6. The first kappa shape index (κ1) is 25.5. The lowest BCUT2D eigenvalue weighted by Crippen LogP contribution is -2.68. The number of sulfonamides is 1. The zero-order chi connectivity index (χ0) is 27.4. The van der Waals surface area contributed by atoms with Crippen LogP contribution in [0.4, 0.5) is 0 Å². The number of nitrogens with one attached hydrogen (secondary N) is 1. The average molecular weight is 547 g/mol. The highest BCUT2D eigenvalue weighted by molar-refractivity contribution is 7.89. The monoisotopic (exact) mass is 546 g/mol. The van der Waals surface area contributed by atoms with E-state index in [-0.39, 0.29) is 30.4 Å². The maximum absolute atomic E-state index is 14.0. The number of pyridine rings is 1. The topological polar surface area (TPSA) is 116 Å². The molecule has 1 spiro atoms. The number of methoxy groups -OCH3 is 1. The number of aliphatic hydroxyl groups excluding tert-OH is 1. The number of fused-ring (bicyclic) bond motifs is 4. The number of hydrogen-bond acceptors (Lipinski definition) is 6. The number of nitrogens with zero attached hydrogens (tertiary/aromatic N) is 3. The molecule has 0 radical (unpaired) electrons. The van der Waals surface area contributed by atoms with Gasteiger partial charge in [0, 0.05) is 60.1 Å². The second kappa shape index (κ2) is 9.48. The highest BCUT2D eigenvalue weighted by Gasteiger charge is 2.56. The van der Waals surface area contributed by atoms with E-state index in [4.69, 9.17) is 4.74 Å². The second-order valence-electron chi connectivity index (χ2n) is 10.5. The highest BCUT2D eigenvalue weighted by atomic mass is 32.2. The van der Waals surface area contributed by atoms with Gasteiger partial charge in [-0.25, -0.2) is 8.42 Å². The molecule has 1 amide bonds. The molecule has 1 atom stereocenters. The quantitative estimate of drug-likeness (QED) is 0.384. The van der Waals surface area contributed by atoms with Crippen molar-refractivity contribution in [1.82, 2.24) is 19.2 Å². The predicted octanol–water partition coefficient (Wildman–Crippen LogP) is 2.94. The summed E-state index contributed by atoms with van der Waals surface area (Å²) in [6.45, 7) is 2.41. The fraction of sp³-hybridized carbons (Fsp3) is 0.310. The molecule has 0 unspecified atom stereocenters. The molecule has 2 aromatic carbocycles.